The van der Waals surface area contributed by atoms with Crippen molar-refractivity contribution >= 4 is 24.2 Å². The molecule has 2 rings (SSSR count). The lowest BCUT2D eigenvalue weighted by molar-refractivity contribution is 0.888. The normalized spacial score (nSPS) is 11.5. The van der Waals surface area contributed by atoms with Gasteiger partial charge in [-0.1, -0.05) is 12.2 Å². The average molecular weight is 221 g/mol. The molecule has 15 heavy (non-hydrogen) atoms. The van der Waals surface area contributed by atoms with Gasteiger partial charge in [0.15, 0.2) is 0 Å². The first kappa shape index (κ1) is 10.0. The standard InChI is InChI=1S/C10H11N3OS/c14-10-9-5-8(3-1-2-4-15)6-13(9)12-7-11-10/h1,3,5-7,15H,2,4H2,(H,11,12,14). The van der Waals surface area contributed by atoms with Crippen molar-refractivity contribution in [3.63, 3.8) is 0 Å². The maximum Gasteiger partial charge on any atom is 0.275 e. The SMILES string of the molecule is O=c1[nH]cnn2cc(C=CCCS)cc12. The molecular weight excluding hydrogens is 210 g/mol. The van der Waals surface area contributed by atoms with Gasteiger partial charge in [0.25, 0.3) is 5.56 Å². The third kappa shape index (κ3) is 2.12. The molecule has 0 radical (unpaired) electrons. The Labute approximate surface area is 92.0 Å². The summed E-state index contributed by atoms with van der Waals surface area (Å²) in [6.07, 6.45) is 8.11. The van der Waals surface area contributed by atoms with Gasteiger partial charge in [0.05, 0.1) is 0 Å². The van der Waals surface area contributed by atoms with Crippen LogP contribution in [0.1, 0.15) is 12.0 Å². The molecule has 0 aliphatic heterocycles. The number of aromatic nitrogens is 3. The number of allylic oxidation sites excluding steroid dienone is 1. The molecule has 0 spiro atoms. The van der Waals surface area contributed by atoms with Crippen molar-refractivity contribution in [2.24, 2.45) is 0 Å². The fourth-order valence-electron chi connectivity index (χ4n) is 1.35. The minimum Gasteiger partial charge on any atom is -0.310 e. The van der Waals surface area contributed by atoms with E-state index in [0.29, 0.717) is 5.52 Å². The van der Waals surface area contributed by atoms with E-state index in [2.05, 4.69) is 22.7 Å². The van der Waals surface area contributed by atoms with Crippen LogP contribution in [0.2, 0.25) is 0 Å². The lowest BCUT2D eigenvalue weighted by Gasteiger charge is -1.87. The number of fused-ring (bicyclic) bond motifs is 1. The van der Waals surface area contributed by atoms with E-state index in [1.54, 1.807) is 10.6 Å². The molecule has 0 aliphatic carbocycles. The van der Waals surface area contributed by atoms with E-state index < -0.39 is 0 Å². The third-order valence-corrected chi connectivity index (χ3v) is 2.30. The Bertz CT molecular complexity index is 541. The highest BCUT2D eigenvalue weighted by molar-refractivity contribution is 7.80. The summed E-state index contributed by atoms with van der Waals surface area (Å²) in [7, 11) is 0. The summed E-state index contributed by atoms with van der Waals surface area (Å²) in [6, 6.07) is 1.81. The molecule has 0 amide bonds. The fourth-order valence-corrected chi connectivity index (χ4v) is 1.49. The molecule has 0 aliphatic rings. The molecular formula is C10H11N3OS. The van der Waals surface area contributed by atoms with Crippen molar-refractivity contribution in [2.75, 3.05) is 5.75 Å². The van der Waals surface area contributed by atoms with Crippen LogP contribution in [0.3, 0.4) is 0 Å². The molecule has 0 fully saturated rings. The molecule has 2 heterocycles. The molecule has 0 saturated carbocycles. The Balaban J connectivity index is 2.39. The number of hydrogen-bond donors (Lipinski definition) is 2. The summed E-state index contributed by atoms with van der Waals surface area (Å²) in [5.41, 5.74) is 1.41. The van der Waals surface area contributed by atoms with Gasteiger partial charge in [0.2, 0.25) is 0 Å². The number of rotatable bonds is 3. The van der Waals surface area contributed by atoms with E-state index in [0.717, 1.165) is 17.7 Å². The molecule has 0 unspecified atom stereocenters. The minimum atomic E-state index is -0.126. The van der Waals surface area contributed by atoms with Crippen LogP contribution in [0.15, 0.2) is 29.5 Å². The Morgan fingerprint density at radius 2 is 2.47 bits per heavy atom. The first-order chi connectivity index (χ1) is 7.31. The quantitative estimate of drug-likeness (QED) is 0.769. The average Bonchev–Trinajstić information content (AvgIpc) is 2.63. The smallest absolute Gasteiger partial charge is 0.275 e. The maximum absolute atomic E-state index is 11.4. The van der Waals surface area contributed by atoms with Gasteiger partial charge in [-0.2, -0.15) is 17.7 Å². The topological polar surface area (TPSA) is 50.2 Å². The van der Waals surface area contributed by atoms with E-state index in [9.17, 15) is 4.79 Å². The maximum atomic E-state index is 11.4. The van der Waals surface area contributed by atoms with Gasteiger partial charge in [0, 0.05) is 6.20 Å². The van der Waals surface area contributed by atoms with Crippen LogP contribution < -0.4 is 5.56 Å². The molecule has 4 nitrogen and oxygen atoms in total. The Morgan fingerprint density at radius 3 is 3.20 bits per heavy atom. The number of aromatic amines is 1. The predicted octanol–water partition coefficient (Wildman–Crippen LogP) is 1.36. The van der Waals surface area contributed by atoms with E-state index in [4.69, 9.17) is 0 Å². The summed E-state index contributed by atoms with van der Waals surface area (Å²) in [5, 5.41) is 4.00. The number of nitrogens with one attached hydrogen (secondary N) is 1. The molecule has 0 saturated heterocycles. The number of nitrogens with zero attached hydrogens (tertiary/aromatic N) is 2. The zero-order valence-corrected chi connectivity index (χ0v) is 8.95. The number of H-pyrrole nitrogens is 1. The van der Waals surface area contributed by atoms with Crippen LogP contribution in [0.5, 0.6) is 0 Å². The first-order valence-corrected chi connectivity index (χ1v) is 5.28. The molecule has 0 bridgehead atoms. The van der Waals surface area contributed by atoms with E-state index in [-0.39, 0.29) is 5.56 Å². The second kappa shape index (κ2) is 4.35. The number of thiol groups is 1. The number of hydrogen-bond acceptors (Lipinski definition) is 3. The zero-order valence-electron chi connectivity index (χ0n) is 8.05. The highest BCUT2D eigenvalue weighted by Crippen LogP contribution is 2.06. The summed E-state index contributed by atoms with van der Waals surface area (Å²) in [6.45, 7) is 0. The molecule has 0 atom stereocenters. The summed E-state index contributed by atoms with van der Waals surface area (Å²) >= 11 is 4.11. The highest BCUT2D eigenvalue weighted by Gasteiger charge is 2.00. The van der Waals surface area contributed by atoms with Crippen molar-refractivity contribution < 1.29 is 0 Å². The van der Waals surface area contributed by atoms with Crippen LogP contribution in [0.4, 0.5) is 0 Å². The Hall–Kier alpha value is -1.49. The lowest BCUT2D eigenvalue weighted by Crippen LogP contribution is -2.09. The summed E-state index contributed by atoms with van der Waals surface area (Å²) in [4.78, 5) is 13.9. The Morgan fingerprint density at radius 1 is 1.60 bits per heavy atom. The molecule has 0 aromatic carbocycles. The predicted molar refractivity (Wildman–Crippen MR) is 63.3 cm³/mol. The largest absolute Gasteiger partial charge is 0.310 e. The monoisotopic (exact) mass is 221 g/mol. The second-order valence-electron chi connectivity index (χ2n) is 3.14. The lowest BCUT2D eigenvalue weighted by atomic mass is 10.3. The van der Waals surface area contributed by atoms with Crippen molar-refractivity contribution in [3.8, 4) is 0 Å². The van der Waals surface area contributed by atoms with Crippen LogP contribution in [-0.4, -0.2) is 20.4 Å². The molecule has 2 aromatic rings. The van der Waals surface area contributed by atoms with Gasteiger partial charge in [-0.25, -0.2) is 4.52 Å². The Kier molecular flexibility index (Phi) is 2.91. The van der Waals surface area contributed by atoms with Crippen molar-refractivity contribution in [2.45, 2.75) is 6.42 Å². The fraction of sp³-hybridized carbons (Fsp3) is 0.200. The minimum absolute atomic E-state index is 0.126. The summed E-state index contributed by atoms with van der Waals surface area (Å²) in [5.74, 6) is 0.822. The van der Waals surface area contributed by atoms with Crippen molar-refractivity contribution in [1.82, 2.24) is 14.6 Å². The van der Waals surface area contributed by atoms with E-state index >= 15 is 0 Å². The molecule has 78 valence electrons. The van der Waals surface area contributed by atoms with Crippen LogP contribution in [0.25, 0.3) is 11.6 Å². The van der Waals surface area contributed by atoms with E-state index in [1.807, 2.05) is 18.3 Å². The highest BCUT2D eigenvalue weighted by atomic mass is 32.1. The van der Waals surface area contributed by atoms with Gasteiger partial charge in [-0.3, -0.25) is 4.79 Å². The van der Waals surface area contributed by atoms with Gasteiger partial charge in [-0.15, -0.1) is 0 Å². The van der Waals surface area contributed by atoms with Crippen LogP contribution in [0, 0.1) is 0 Å². The first-order valence-electron chi connectivity index (χ1n) is 4.65. The molecule has 1 N–H and O–H groups in total. The summed E-state index contributed by atoms with van der Waals surface area (Å²) < 4.78 is 1.57. The van der Waals surface area contributed by atoms with Gasteiger partial charge < -0.3 is 4.98 Å². The van der Waals surface area contributed by atoms with Crippen LogP contribution in [-0.2, 0) is 0 Å². The van der Waals surface area contributed by atoms with Gasteiger partial charge >= 0.3 is 0 Å². The van der Waals surface area contributed by atoms with E-state index in [1.165, 1.54) is 6.33 Å². The van der Waals surface area contributed by atoms with Gasteiger partial charge in [0.1, 0.15) is 11.8 Å². The second-order valence-corrected chi connectivity index (χ2v) is 3.58. The van der Waals surface area contributed by atoms with Gasteiger partial charge in [-0.05, 0) is 23.8 Å². The molecule has 2 aromatic heterocycles. The molecule has 5 heteroatoms. The van der Waals surface area contributed by atoms with Crippen molar-refractivity contribution in [3.05, 3.63) is 40.6 Å². The van der Waals surface area contributed by atoms with Crippen molar-refractivity contribution in [1.29, 1.82) is 0 Å². The van der Waals surface area contributed by atoms with Crippen LogP contribution >= 0.6 is 12.6 Å². The zero-order chi connectivity index (χ0) is 10.7. The third-order valence-electron chi connectivity index (χ3n) is 2.04.